The molecule has 0 amide bonds. The summed E-state index contributed by atoms with van der Waals surface area (Å²) in [7, 11) is 0. The summed E-state index contributed by atoms with van der Waals surface area (Å²) < 4.78 is 60.6. The Kier molecular flexibility index (Phi) is 20.1. The number of aliphatic carboxylic acids is 1. The lowest BCUT2D eigenvalue weighted by molar-refractivity contribution is -0.400. The number of hydrogen-bond acceptors (Lipinski definition) is 27. The van der Waals surface area contributed by atoms with Gasteiger partial charge in [0.2, 0.25) is 0 Å². The van der Waals surface area contributed by atoms with E-state index in [1.54, 1.807) is 26.8 Å². The van der Waals surface area contributed by atoms with Crippen LogP contribution in [-0.2, 0) is 66.5 Å². The predicted octanol–water partition coefficient (Wildman–Crippen LogP) is -2.65. The van der Waals surface area contributed by atoms with E-state index < -0.39 is 230 Å². The zero-order valence-electron chi connectivity index (χ0n) is 51.0. The molecule has 4 heterocycles. The largest absolute Gasteiger partial charge is 0.479 e. The van der Waals surface area contributed by atoms with Gasteiger partial charge in [-0.2, -0.15) is 0 Å². The van der Waals surface area contributed by atoms with Gasteiger partial charge >= 0.3 is 17.9 Å². The molecule has 88 heavy (non-hydrogen) atoms. The number of carboxylic acid groups (broad SMARTS) is 1. The van der Waals surface area contributed by atoms with Gasteiger partial charge in [-0.1, -0.05) is 59.3 Å². The van der Waals surface area contributed by atoms with E-state index in [0.717, 1.165) is 11.9 Å². The molecule has 4 aliphatic heterocycles. The molecule has 28 heteroatoms. The van der Waals surface area contributed by atoms with Gasteiger partial charge in [0.05, 0.1) is 49.5 Å². The molecule has 0 aromatic rings. The fraction of sp³-hybridized carbons (Fsp3) is 0.867. The fourth-order valence-corrected chi connectivity index (χ4v) is 17.3. The lowest BCUT2D eigenvalue weighted by atomic mass is 9.33. The molecule has 5 aliphatic carbocycles. The van der Waals surface area contributed by atoms with E-state index in [4.69, 9.17) is 47.4 Å². The Morgan fingerprint density at radius 2 is 1.24 bits per heavy atom. The molecular weight excluding hydrogens is 1170 g/mol. The molecule has 0 bridgehead atoms. The number of esters is 2. The molecule has 9 aliphatic rings. The van der Waals surface area contributed by atoms with E-state index in [9.17, 15) is 90.7 Å². The first-order valence-electron chi connectivity index (χ1n) is 30.5. The van der Waals surface area contributed by atoms with Gasteiger partial charge in [-0.25, -0.2) is 9.59 Å². The molecule has 4 saturated heterocycles. The van der Waals surface area contributed by atoms with Gasteiger partial charge < -0.3 is 124 Å². The number of fused-ring (bicyclic) bond motifs is 7. The zero-order valence-corrected chi connectivity index (χ0v) is 51.0. The van der Waals surface area contributed by atoms with Gasteiger partial charge in [-0.15, -0.1) is 0 Å². The Hall–Kier alpha value is -3.28. The van der Waals surface area contributed by atoms with Crippen molar-refractivity contribution >= 4 is 24.2 Å². The molecular formula is C60H92O28. The molecule has 500 valence electrons. The molecule has 31 atom stereocenters. The van der Waals surface area contributed by atoms with Crippen LogP contribution in [0, 0.1) is 50.2 Å². The van der Waals surface area contributed by atoms with Crippen molar-refractivity contribution in [2.75, 3.05) is 26.4 Å². The summed E-state index contributed by atoms with van der Waals surface area (Å²) in [6.07, 6.45) is -35.5. The molecule has 31 unspecified atom stereocenters. The molecule has 28 nitrogen and oxygen atoms in total. The summed E-state index contributed by atoms with van der Waals surface area (Å²) >= 11 is 0. The Balaban J connectivity index is 1.05. The maximum absolute atomic E-state index is 14.2. The second kappa shape index (κ2) is 25.6. The van der Waals surface area contributed by atoms with E-state index in [2.05, 4.69) is 26.8 Å². The Morgan fingerprint density at radius 3 is 1.78 bits per heavy atom. The van der Waals surface area contributed by atoms with E-state index in [0.29, 0.717) is 37.7 Å². The third-order valence-electron chi connectivity index (χ3n) is 22.6. The molecule has 0 radical (unpaired) electrons. The van der Waals surface area contributed by atoms with Crippen LogP contribution in [0.3, 0.4) is 0 Å². The number of aldehydes is 1. The molecule has 0 spiro atoms. The molecule has 9 rings (SSSR count). The standard InChI is InChI=1S/C60H92O28/c1-10-24(2)50(78)88-47-48(80-25(3)65)60(23-64)27(17-55(47,4)5)26-11-12-32-56(6)15-14-34(57(7,22-63)31(56)13-16-58(32,8)59(26,9)18-33(60)67)83-54-46(87-52-41(74)39(72)37(70)30(20-62)82-52)43(42(75)44(85-54)49(76)77)84-53-45(35(68)28(66)21-79-53)86-51-40(73)38(71)36(69)29(19-61)81-51/h10-11,22,27-48,51-54,61-62,64,66-75H,12-21,23H2,1-9H3,(H,76,77). The number of hydrogen-bond donors (Lipinski definition) is 14. The van der Waals surface area contributed by atoms with Crippen molar-refractivity contribution in [2.45, 2.75) is 248 Å². The highest BCUT2D eigenvalue weighted by Crippen LogP contribution is 2.76. The van der Waals surface area contributed by atoms with Crippen molar-refractivity contribution < 1.29 is 138 Å². The van der Waals surface area contributed by atoms with E-state index in [1.165, 1.54) is 6.92 Å². The molecule has 14 N–H and O–H groups in total. The SMILES string of the molecule is CC=C(C)C(=O)OC1C(OC(C)=O)C2(CO)C(O)CC3(C)C(=CCC4C5(C)CCC(OC6OC(C(=O)O)C(O)C(OC7OCC(O)C(O)C7OC7OC(CO)C(O)C(O)C7O)C6OC6OC(CO)C(O)C(O)C6O)C(C)(C=O)C5CCC43C)C2CC1(C)C. The summed E-state index contributed by atoms with van der Waals surface area (Å²) in [6.45, 7) is 13.4. The first-order valence-corrected chi connectivity index (χ1v) is 30.5. The molecule has 0 aromatic carbocycles. The second-order valence-corrected chi connectivity index (χ2v) is 27.7. The van der Waals surface area contributed by atoms with Crippen molar-refractivity contribution in [3.8, 4) is 0 Å². The molecule has 0 aromatic heterocycles. The van der Waals surface area contributed by atoms with E-state index in [1.807, 2.05) is 13.8 Å². The third-order valence-corrected chi connectivity index (χ3v) is 22.6. The third kappa shape index (κ3) is 11.2. The van der Waals surface area contributed by atoms with Gasteiger partial charge in [0.15, 0.2) is 31.3 Å². The number of carboxylic acids is 1. The fourth-order valence-electron chi connectivity index (χ4n) is 17.3. The minimum Gasteiger partial charge on any atom is -0.479 e. The quantitative estimate of drug-likeness (QED) is 0.0247. The van der Waals surface area contributed by atoms with Gasteiger partial charge in [0.25, 0.3) is 0 Å². The number of carbonyl (C=O) groups is 4. The number of aliphatic hydroxyl groups is 13. The number of ether oxygens (including phenoxy) is 10. The zero-order chi connectivity index (χ0) is 64.9. The van der Waals surface area contributed by atoms with Crippen LogP contribution in [0.1, 0.15) is 107 Å². The Morgan fingerprint density at radius 1 is 0.648 bits per heavy atom. The van der Waals surface area contributed by atoms with Crippen LogP contribution in [0.15, 0.2) is 23.3 Å². The lowest BCUT2D eigenvalue weighted by Crippen LogP contribution is -2.72. The van der Waals surface area contributed by atoms with Crippen molar-refractivity contribution in [1.29, 1.82) is 0 Å². The van der Waals surface area contributed by atoms with Crippen molar-refractivity contribution in [3.05, 3.63) is 23.3 Å². The van der Waals surface area contributed by atoms with Crippen molar-refractivity contribution in [3.63, 3.8) is 0 Å². The smallest absolute Gasteiger partial charge is 0.335 e. The summed E-state index contributed by atoms with van der Waals surface area (Å²) in [5.74, 6) is -4.31. The van der Waals surface area contributed by atoms with Crippen molar-refractivity contribution in [2.24, 2.45) is 50.2 Å². The van der Waals surface area contributed by atoms with Crippen LogP contribution in [0.2, 0.25) is 0 Å². The van der Waals surface area contributed by atoms with Crippen LogP contribution in [-0.4, -0.2) is 263 Å². The van der Waals surface area contributed by atoms with Gasteiger partial charge in [0.1, 0.15) is 104 Å². The first kappa shape index (κ1) is 69.1. The van der Waals surface area contributed by atoms with E-state index >= 15 is 0 Å². The summed E-state index contributed by atoms with van der Waals surface area (Å²) in [4.78, 5) is 53.9. The minimum absolute atomic E-state index is 0.0926. The molecule has 8 fully saturated rings. The highest BCUT2D eigenvalue weighted by molar-refractivity contribution is 5.87. The topological polar surface area (TPSA) is 444 Å². The molecule has 4 saturated carbocycles. The highest BCUT2D eigenvalue weighted by atomic mass is 16.8. The summed E-state index contributed by atoms with van der Waals surface area (Å²) in [5, 5.41) is 154. The Bertz CT molecular complexity index is 2600. The van der Waals surface area contributed by atoms with Crippen LogP contribution < -0.4 is 0 Å². The lowest BCUT2D eigenvalue weighted by Gasteiger charge is -2.72. The van der Waals surface area contributed by atoms with Crippen molar-refractivity contribution in [1.82, 2.24) is 0 Å². The normalized spacial score (nSPS) is 51.1. The minimum atomic E-state index is -2.32. The van der Waals surface area contributed by atoms with Crippen LogP contribution in [0.5, 0.6) is 0 Å². The average molecular weight is 1260 g/mol. The number of allylic oxidation sites excluding steroid dienone is 3. The number of carbonyl (C=O) groups excluding carboxylic acids is 3. The highest BCUT2D eigenvalue weighted by Gasteiger charge is 2.74. The van der Waals surface area contributed by atoms with Gasteiger partial charge in [-0.3, -0.25) is 4.79 Å². The van der Waals surface area contributed by atoms with Crippen LogP contribution in [0.25, 0.3) is 0 Å². The van der Waals surface area contributed by atoms with Crippen LogP contribution >= 0.6 is 0 Å². The summed E-state index contributed by atoms with van der Waals surface area (Å²) in [5.41, 5.74) is -4.52. The number of rotatable bonds is 16. The number of aliphatic hydroxyl groups excluding tert-OH is 13. The summed E-state index contributed by atoms with van der Waals surface area (Å²) in [6, 6.07) is 0. The second-order valence-electron chi connectivity index (χ2n) is 27.7. The van der Waals surface area contributed by atoms with Crippen LogP contribution in [0.4, 0.5) is 0 Å². The first-order chi connectivity index (χ1) is 41.2. The Labute approximate surface area is 509 Å². The monoisotopic (exact) mass is 1260 g/mol. The van der Waals surface area contributed by atoms with E-state index in [-0.39, 0.29) is 18.8 Å². The maximum atomic E-state index is 14.2. The average Bonchev–Trinajstić information content (AvgIpc) is 0.673. The van der Waals surface area contributed by atoms with Gasteiger partial charge in [-0.05, 0) is 92.8 Å². The maximum Gasteiger partial charge on any atom is 0.335 e. The predicted molar refractivity (Wildman–Crippen MR) is 295 cm³/mol. The van der Waals surface area contributed by atoms with Gasteiger partial charge in [0, 0.05) is 17.9 Å².